The van der Waals surface area contributed by atoms with E-state index in [4.69, 9.17) is 0 Å². The molecule has 0 spiro atoms. The van der Waals surface area contributed by atoms with Gasteiger partial charge in [-0.05, 0) is 33.7 Å². The summed E-state index contributed by atoms with van der Waals surface area (Å²) in [7, 11) is 0. The van der Waals surface area contributed by atoms with E-state index in [1.54, 1.807) is 0 Å². The summed E-state index contributed by atoms with van der Waals surface area (Å²) in [6.45, 7) is 9.45. The summed E-state index contributed by atoms with van der Waals surface area (Å²) in [5.41, 5.74) is 0.224. The maximum Gasteiger partial charge on any atom is 0.220 e. The first-order valence-electron chi connectivity index (χ1n) is 5.02. The Morgan fingerprint density at radius 1 is 1.31 bits per heavy atom. The van der Waals surface area contributed by atoms with Crippen molar-refractivity contribution in [2.45, 2.75) is 39.2 Å². The average Bonchev–Trinajstić information content (AvgIpc) is 1.93. The smallest absolute Gasteiger partial charge is 0.220 e. The van der Waals surface area contributed by atoms with Gasteiger partial charge in [-0.25, -0.2) is 0 Å². The van der Waals surface area contributed by atoms with Gasteiger partial charge in [-0.2, -0.15) is 0 Å². The second-order valence-corrected chi connectivity index (χ2v) is 4.61. The molecule has 1 saturated heterocycles. The number of nitrogens with zero attached hydrogens (tertiary/aromatic N) is 1. The fourth-order valence-corrected chi connectivity index (χ4v) is 1.63. The standard InChI is InChI=1S/C10H20N2O/c1-10(2,3)12-7-4-5-9(13)11-6-8-12/h4-8H2,1-3H3,(H,11,13). The summed E-state index contributed by atoms with van der Waals surface area (Å²) in [5, 5.41) is 2.91. The number of carbonyl (C=O) groups excluding carboxylic acids is 1. The van der Waals surface area contributed by atoms with Crippen molar-refractivity contribution in [2.75, 3.05) is 19.6 Å². The maximum atomic E-state index is 11.1. The zero-order valence-corrected chi connectivity index (χ0v) is 8.89. The van der Waals surface area contributed by atoms with Gasteiger partial charge in [0.2, 0.25) is 5.91 Å². The van der Waals surface area contributed by atoms with Gasteiger partial charge >= 0.3 is 0 Å². The third kappa shape index (κ3) is 3.35. The molecule has 13 heavy (non-hydrogen) atoms. The van der Waals surface area contributed by atoms with E-state index in [1.807, 2.05) is 0 Å². The highest BCUT2D eigenvalue weighted by Crippen LogP contribution is 2.14. The predicted molar refractivity (Wildman–Crippen MR) is 53.6 cm³/mol. The molecule has 0 aliphatic carbocycles. The van der Waals surface area contributed by atoms with Gasteiger partial charge in [-0.15, -0.1) is 0 Å². The highest BCUT2D eigenvalue weighted by atomic mass is 16.1. The van der Waals surface area contributed by atoms with Crippen molar-refractivity contribution in [3.05, 3.63) is 0 Å². The summed E-state index contributed by atoms with van der Waals surface area (Å²) in [4.78, 5) is 13.5. The first kappa shape index (κ1) is 10.5. The van der Waals surface area contributed by atoms with Crippen molar-refractivity contribution < 1.29 is 4.79 Å². The van der Waals surface area contributed by atoms with Gasteiger partial charge in [0, 0.05) is 25.0 Å². The number of hydrogen-bond acceptors (Lipinski definition) is 2. The molecular formula is C10H20N2O. The molecule has 76 valence electrons. The predicted octanol–water partition coefficient (Wildman–Crippen LogP) is 0.997. The van der Waals surface area contributed by atoms with E-state index in [-0.39, 0.29) is 11.4 Å². The molecule has 1 rings (SSSR count). The van der Waals surface area contributed by atoms with E-state index in [1.165, 1.54) is 0 Å². The van der Waals surface area contributed by atoms with Crippen molar-refractivity contribution in [3.8, 4) is 0 Å². The van der Waals surface area contributed by atoms with Crippen LogP contribution in [-0.2, 0) is 4.79 Å². The third-order valence-corrected chi connectivity index (χ3v) is 2.48. The van der Waals surface area contributed by atoms with Gasteiger partial charge in [0.05, 0.1) is 0 Å². The molecule has 0 saturated carbocycles. The fraction of sp³-hybridized carbons (Fsp3) is 0.900. The van der Waals surface area contributed by atoms with Gasteiger partial charge in [-0.3, -0.25) is 9.69 Å². The minimum Gasteiger partial charge on any atom is -0.355 e. The maximum absolute atomic E-state index is 11.1. The van der Waals surface area contributed by atoms with Crippen LogP contribution < -0.4 is 5.32 Å². The fourth-order valence-electron chi connectivity index (χ4n) is 1.63. The molecule has 0 unspecified atom stereocenters. The Balaban J connectivity index is 2.46. The molecule has 1 aliphatic rings. The Bertz CT molecular complexity index is 172. The third-order valence-electron chi connectivity index (χ3n) is 2.48. The zero-order valence-electron chi connectivity index (χ0n) is 8.89. The highest BCUT2D eigenvalue weighted by Gasteiger charge is 2.21. The summed E-state index contributed by atoms with van der Waals surface area (Å²) in [6.07, 6.45) is 1.65. The van der Waals surface area contributed by atoms with Crippen LogP contribution in [0.3, 0.4) is 0 Å². The molecule has 0 aromatic rings. The van der Waals surface area contributed by atoms with Gasteiger partial charge in [0.15, 0.2) is 0 Å². The number of nitrogens with one attached hydrogen (secondary N) is 1. The Morgan fingerprint density at radius 2 is 2.00 bits per heavy atom. The molecule has 0 aromatic heterocycles. The van der Waals surface area contributed by atoms with E-state index in [0.29, 0.717) is 6.42 Å². The minimum atomic E-state index is 0.202. The van der Waals surface area contributed by atoms with Gasteiger partial charge < -0.3 is 5.32 Å². The molecule has 1 N–H and O–H groups in total. The minimum absolute atomic E-state index is 0.202. The Morgan fingerprint density at radius 3 is 2.62 bits per heavy atom. The largest absolute Gasteiger partial charge is 0.355 e. The summed E-state index contributed by atoms with van der Waals surface area (Å²) >= 11 is 0. The lowest BCUT2D eigenvalue weighted by Gasteiger charge is -2.36. The van der Waals surface area contributed by atoms with Gasteiger partial charge in [0.1, 0.15) is 0 Å². The quantitative estimate of drug-likeness (QED) is 0.609. The van der Waals surface area contributed by atoms with Crippen molar-refractivity contribution in [1.82, 2.24) is 10.2 Å². The summed E-state index contributed by atoms with van der Waals surface area (Å²) in [6, 6.07) is 0. The first-order chi connectivity index (χ1) is 6.00. The number of amides is 1. The molecule has 1 aliphatic heterocycles. The van der Waals surface area contributed by atoms with E-state index in [9.17, 15) is 4.79 Å². The molecule has 3 nitrogen and oxygen atoms in total. The molecule has 0 radical (unpaired) electrons. The number of rotatable bonds is 0. The molecule has 0 atom stereocenters. The van der Waals surface area contributed by atoms with Crippen molar-refractivity contribution in [1.29, 1.82) is 0 Å². The number of hydrogen-bond donors (Lipinski definition) is 1. The molecule has 1 heterocycles. The number of carbonyl (C=O) groups is 1. The van der Waals surface area contributed by atoms with Crippen molar-refractivity contribution in [2.24, 2.45) is 0 Å². The summed E-state index contributed by atoms with van der Waals surface area (Å²) in [5.74, 6) is 0.202. The molecule has 1 amide bonds. The molecule has 3 heteroatoms. The molecule has 0 aromatic carbocycles. The Hall–Kier alpha value is -0.570. The van der Waals surface area contributed by atoms with E-state index in [0.717, 1.165) is 26.1 Å². The lowest BCUT2D eigenvalue weighted by Crippen LogP contribution is -2.47. The normalized spacial score (nSPS) is 21.9. The SMILES string of the molecule is CC(C)(C)N1CCCC(=O)NCC1. The topological polar surface area (TPSA) is 32.3 Å². The molecule has 0 bridgehead atoms. The second-order valence-electron chi connectivity index (χ2n) is 4.61. The van der Waals surface area contributed by atoms with Crippen LogP contribution in [0.2, 0.25) is 0 Å². The highest BCUT2D eigenvalue weighted by molar-refractivity contribution is 5.75. The van der Waals surface area contributed by atoms with Crippen LogP contribution in [0.15, 0.2) is 0 Å². The first-order valence-corrected chi connectivity index (χ1v) is 5.02. The van der Waals surface area contributed by atoms with Crippen LogP contribution >= 0.6 is 0 Å². The van der Waals surface area contributed by atoms with Crippen LogP contribution in [0.1, 0.15) is 33.6 Å². The van der Waals surface area contributed by atoms with E-state index in [2.05, 4.69) is 31.0 Å². The lowest BCUT2D eigenvalue weighted by molar-refractivity contribution is -0.121. The van der Waals surface area contributed by atoms with Crippen LogP contribution in [0, 0.1) is 0 Å². The zero-order chi connectivity index (χ0) is 9.90. The second kappa shape index (κ2) is 4.09. The van der Waals surface area contributed by atoms with Crippen LogP contribution in [0.25, 0.3) is 0 Å². The van der Waals surface area contributed by atoms with Gasteiger partial charge in [0.25, 0.3) is 0 Å². The van der Waals surface area contributed by atoms with Crippen molar-refractivity contribution in [3.63, 3.8) is 0 Å². The van der Waals surface area contributed by atoms with E-state index >= 15 is 0 Å². The van der Waals surface area contributed by atoms with E-state index < -0.39 is 0 Å². The summed E-state index contributed by atoms with van der Waals surface area (Å²) < 4.78 is 0. The molecule has 1 fully saturated rings. The Kier molecular flexibility index (Phi) is 3.31. The molecular weight excluding hydrogens is 164 g/mol. The lowest BCUT2D eigenvalue weighted by atomic mass is 10.0. The monoisotopic (exact) mass is 184 g/mol. The van der Waals surface area contributed by atoms with Crippen LogP contribution in [0.4, 0.5) is 0 Å². The average molecular weight is 184 g/mol. The van der Waals surface area contributed by atoms with Crippen LogP contribution in [-0.4, -0.2) is 36.0 Å². The van der Waals surface area contributed by atoms with Gasteiger partial charge in [-0.1, -0.05) is 0 Å². The van der Waals surface area contributed by atoms with Crippen molar-refractivity contribution >= 4 is 5.91 Å². The van der Waals surface area contributed by atoms with Crippen LogP contribution in [0.5, 0.6) is 0 Å². The Labute approximate surface area is 80.5 Å².